The molecule has 1 atom stereocenters. The molecule has 2 aromatic carbocycles. The van der Waals surface area contributed by atoms with Gasteiger partial charge >= 0.3 is 0 Å². The highest BCUT2D eigenvalue weighted by atomic mass is 79.9. The fraction of sp³-hybridized carbons (Fsp3) is 0.294. The molecule has 1 N–H and O–H groups in total. The van der Waals surface area contributed by atoms with Crippen molar-refractivity contribution in [3.8, 4) is 11.5 Å². The molecule has 0 amide bonds. The van der Waals surface area contributed by atoms with Crippen molar-refractivity contribution in [2.75, 3.05) is 19.5 Å². The van der Waals surface area contributed by atoms with Gasteiger partial charge in [-0.1, -0.05) is 15.9 Å². The maximum atomic E-state index is 5.45. The van der Waals surface area contributed by atoms with Crippen molar-refractivity contribution in [3.05, 3.63) is 52.0 Å². The van der Waals surface area contributed by atoms with E-state index in [0.717, 1.165) is 27.2 Å². The second-order valence-corrected chi connectivity index (χ2v) is 5.85. The van der Waals surface area contributed by atoms with Crippen LogP contribution in [0.15, 0.2) is 40.9 Å². The van der Waals surface area contributed by atoms with E-state index in [1.165, 1.54) is 5.56 Å². The third-order valence-electron chi connectivity index (χ3n) is 3.46. The fourth-order valence-electron chi connectivity index (χ4n) is 2.28. The van der Waals surface area contributed by atoms with Crippen LogP contribution >= 0.6 is 15.9 Å². The maximum Gasteiger partial charge on any atom is 0.124 e. The van der Waals surface area contributed by atoms with E-state index >= 15 is 0 Å². The average Bonchev–Trinajstić information content (AvgIpc) is 2.49. The number of anilines is 1. The van der Waals surface area contributed by atoms with Crippen LogP contribution in [-0.2, 0) is 0 Å². The molecule has 4 heteroatoms. The topological polar surface area (TPSA) is 30.5 Å². The van der Waals surface area contributed by atoms with Gasteiger partial charge in [0.2, 0.25) is 0 Å². The smallest absolute Gasteiger partial charge is 0.124 e. The van der Waals surface area contributed by atoms with E-state index in [9.17, 15) is 0 Å². The van der Waals surface area contributed by atoms with E-state index < -0.39 is 0 Å². The van der Waals surface area contributed by atoms with E-state index in [2.05, 4.69) is 47.2 Å². The van der Waals surface area contributed by atoms with Gasteiger partial charge in [-0.2, -0.15) is 0 Å². The second kappa shape index (κ2) is 6.85. The van der Waals surface area contributed by atoms with E-state index in [-0.39, 0.29) is 6.04 Å². The SMILES string of the molecule is COc1ccc(OC)c(C(C)Nc2ccc(Br)cc2C)c1. The summed E-state index contributed by atoms with van der Waals surface area (Å²) in [7, 11) is 3.35. The third-order valence-corrected chi connectivity index (χ3v) is 3.96. The first-order valence-electron chi connectivity index (χ1n) is 6.79. The van der Waals surface area contributed by atoms with Crippen LogP contribution < -0.4 is 14.8 Å². The average molecular weight is 350 g/mol. The zero-order valence-corrected chi connectivity index (χ0v) is 14.3. The minimum atomic E-state index is 0.106. The zero-order chi connectivity index (χ0) is 15.4. The van der Waals surface area contributed by atoms with Crippen molar-refractivity contribution in [3.63, 3.8) is 0 Å². The molecular formula is C17H20BrNO2. The van der Waals surface area contributed by atoms with E-state index in [4.69, 9.17) is 9.47 Å². The summed E-state index contributed by atoms with van der Waals surface area (Å²) in [5.74, 6) is 1.68. The van der Waals surface area contributed by atoms with Gasteiger partial charge in [-0.15, -0.1) is 0 Å². The summed E-state index contributed by atoms with van der Waals surface area (Å²) in [5, 5.41) is 3.52. The predicted molar refractivity (Wildman–Crippen MR) is 90.5 cm³/mol. The Hall–Kier alpha value is -1.68. The normalized spacial score (nSPS) is 11.9. The minimum Gasteiger partial charge on any atom is -0.497 e. The van der Waals surface area contributed by atoms with Crippen LogP contribution in [-0.4, -0.2) is 14.2 Å². The summed E-state index contributed by atoms with van der Waals surface area (Å²) in [6, 6.07) is 12.1. The van der Waals surface area contributed by atoms with Gasteiger partial charge in [0.1, 0.15) is 11.5 Å². The molecule has 1 unspecified atom stereocenters. The molecule has 3 nitrogen and oxygen atoms in total. The van der Waals surface area contributed by atoms with Gasteiger partial charge in [0.05, 0.1) is 20.3 Å². The molecule has 0 saturated heterocycles. The zero-order valence-electron chi connectivity index (χ0n) is 12.7. The lowest BCUT2D eigenvalue weighted by atomic mass is 10.1. The molecule has 0 saturated carbocycles. The van der Waals surface area contributed by atoms with Crippen molar-refractivity contribution in [2.24, 2.45) is 0 Å². The van der Waals surface area contributed by atoms with Crippen LogP contribution in [0.5, 0.6) is 11.5 Å². The number of hydrogen-bond acceptors (Lipinski definition) is 3. The van der Waals surface area contributed by atoms with Gasteiger partial charge in [-0.25, -0.2) is 0 Å². The van der Waals surface area contributed by atoms with Crippen LogP contribution in [0.1, 0.15) is 24.1 Å². The number of halogens is 1. The Balaban J connectivity index is 2.28. The molecule has 0 spiro atoms. The van der Waals surface area contributed by atoms with Crippen LogP contribution in [0.4, 0.5) is 5.69 Å². The Labute approximate surface area is 134 Å². The lowest BCUT2D eigenvalue weighted by molar-refractivity contribution is 0.397. The highest BCUT2D eigenvalue weighted by Crippen LogP contribution is 2.32. The minimum absolute atomic E-state index is 0.106. The molecule has 2 aromatic rings. The van der Waals surface area contributed by atoms with Gasteiger partial charge in [-0.05, 0) is 55.8 Å². The number of methoxy groups -OCH3 is 2. The summed E-state index contributed by atoms with van der Waals surface area (Å²) >= 11 is 3.48. The van der Waals surface area contributed by atoms with Crippen molar-refractivity contribution < 1.29 is 9.47 Å². The summed E-state index contributed by atoms with van der Waals surface area (Å²) in [4.78, 5) is 0. The Kier molecular flexibility index (Phi) is 5.12. The molecule has 0 bridgehead atoms. The highest BCUT2D eigenvalue weighted by molar-refractivity contribution is 9.10. The quantitative estimate of drug-likeness (QED) is 0.828. The first kappa shape index (κ1) is 15.7. The predicted octanol–water partition coefficient (Wildman–Crippen LogP) is 4.95. The van der Waals surface area contributed by atoms with Gasteiger partial charge < -0.3 is 14.8 Å². The highest BCUT2D eigenvalue weighted by Gasteiger charge is 2.13. The van der Waals surface area contributed by atoms with Crippen LogP contribution in [0.3, 0.4) is 0 Å². The number of rotatable bonds is 5. The Morgan fingerprint density at radius 1 is 1.05 bits per heavy atom. The molecule has 0 aliphatic rings. The number of benzene rings is 2. The molecular weight excluding hydrogens is 330 g/mol. The van der Waals surface area contributed by atoms with Gasteiger partial charge in [0, 0.05) is 15.7 Å². The van der Waals surface area contributed by atoms with Crippen LogP contribution in [0, 0.1) is 6.92 Å². The molecule has 112 valence electrons. The number of ether oxygens (including phenoxy) is 2. The van der Waals surface area contributed by atoms with E-state index in [1.807, 2.05) is 24.3 Å². The molecule has 0 fully saturated rings. The molecule has 0 heterocycles. The Morgan fingerprint density at radius 2 is 1.81 bits per heavy atom. The Morgan fingerprint density at radius 3 is 2.43 bits per heavy atom. The standard InChI is InChI=1S/C17H20BrNO2/c1-11-9-13(18)5-7-16(11)19-12(2)15-10-14(20-3)6-8-17(15)21-4/h5-10,12,19H,1-4H3. The maximum absolute atomic E-state index is 5.45. The van der Waals surface area contributed by atoms with Gasteiger partial charge in [0.25, 0.3) is 0 Å². The van der Waals surface area contributed by atoms with Crippen LogP contribution in [0.2, 0.25) is 0 Å². The van der Waals surface area contributed by atoms with Crippen LogP contribution in [0.25, 0.3) is 0 Å². The van der Waals surface area contributed by atoms with Gasteiger partial charge in [-0.3, -0.25) is 0 Å². The monoisotopic (exact) mass is 349 g/mol. The molecule has 21 heavy (non-hydrogen) atoms. The number of nitrogens with one attached hydrogen (secondary N) is 1. The van der Waals surface area contributed by atoms with E-state index in [0.29, 0.717) is 0 Å². The number of hydrogen-bond donors (Lipinski definition) is 1. The first-order chi connectivity index (χ1) is 10.0. The van der Waals surface area contributed by atoms with Crippen molar-refractivity contribution in [2.45, 2.75) is 19.9 Å². The molecule has 0 aliphatic carbocycles. The summed E-state index contributed by atoms with van der Waals surface area (Å²) in [6.45, 7) is 4.20. The lowest BCUT2D eigenvalue weighted by Gasteiger charge is -2.20. The van der Waals surface area contributed by atoms with Crippen molar-refractivity contribution in [1.29, 1.82) is 0 Å². The number of aryl methyl sites for hydroxylation is 1. The largest absolute Gasteiger partial charge is 0.497 e. The first-order valence-corrected chi connectivity index (χ1v) is 7.59. The molecule has 0 aliphatic heterocycles. The summed E-state index contributed by atoms with van der Waals surface area (Å²) in [5.41, 5.74) is 3.37. The molecule has 0 aromatic heterocycles. The van der Waals surface area contributed by atoms with Gasteiger partial charge in [0.15, 0.2) is 0 Å². The lowest BCUT2D eigenvalue weighted by Crippen LogP contribution is -2.09. The van der Waals surface area contributed by atoms with E-state index in [1.54, 1.807) is 14.2 Å². The van der Waals surface area contributed by atoms with Crippen molar-refractivity contribution >= 4 is 21.6 Å². The Bertz CT molecular complexity index is 628. The summed E-state index contributed by atoms with van der Waals surface area (Å²) in [6.07, 6.45) is 0. The second-order valence-electron chi connectivity index (χ2n) is 4.93. The summed E-state index contributed by atoms with van der Waals surface area (Å²) < 4.78 is 11.8. The molecule has 2 rings (SSSR count). The molecule has 0 radical (unpaired) electrons. The fourth-order valence-corrected chi connectivity index (χ4v) is 2.75. The van der Waals surface area contributed by atoms with Crippen molar-refractivity contribution in [1.82, 2.24) is 0 Å². The third kappa shape index (κ3) is 3.70.